The maximum atomic E-state index is 12.9. The van der Waals surface area contributed by atoms with Gasteiger partial charge in [-0.25, -0.2) is 9.78 Å². The number of pyridine rings is 1. The molecule has 3 aromatic rings. The molecule has 152 valence electrons. The average molecular weight is 413 g/mol. The topological polar surface area (TPSA) is 86.0 Å². The number of carbonyl (C=O) groups excluding carboxylic acids is 1. The van der Waals surface area contributed by atoms with Gasteiger partial charge in [-0.1, -0.05) is 26.0 Å². The van der Waals surface area contributed by atoms with Gasteiger partial charge >= 0.3 is 5.69 Å². The van der Waals surface area contributed by atoms with Crippen molar-refractivity contribution in [1.82, 2.24) is 14.1 Å². The zero-order chi connectivity index (χ0) is 21.3. The number of benzene rings is 1. The second-order valence-corrected chi connectivity index (χ2v) is 8.29. The quantitative estimate of drug-likeness (QED) is 0.651. The smallest absolute Gasteiger partial charge is 0.325 e. The molecule has 2 aromatic heterocycles. The van der Waals surface area contributed by atoms with E-state index in [0.717, 1.165) is 21.4 Å². The Kier molecular flexibility index (Phi) is 5.93. The number of nitrogens with zero attached hydrogens (tertiary/aromatic N) is 3. The van der Waals surface area contributed by atoms with Crippen molar-refractivity contribution in [3.63, 3.8) is 0 Å². The average Bonchev–Trinajstić information content (AvgIpc) is 2.68. The van der Waals surface area contributed by atoms with Gasteiger partial charge in [0.25, 0.3) is 5.56 Å². The van der Waals surface area contributed by atoms with Crippen LogP contribution in [0.15, 0.2) is 44.9 Å². The van der Waals surface area contributed by atoms with Gasteiger partial charge < -0.3 is 5.32 Å². The third-order valence-corrected chi connectivity index (χ3v) is 5.86. The second kappa shape index (κ2) is 8.24. The van der Waals surface area contributed by atoms with E-state index >= 15 is 0 Å². The summed E-state index contributed by atoms with van der Waals surface area (Å²) in [6, 6.07) is 7.58. The minimum atomic E-state index is -0.430. The molecule has 3 rings (SSSR count). The van der Waals surface area contributed by atoms with Crippen molar-refractivity contribution in [2.75, 3.05) is 11.1 Å². The van der Waals surface area contributed by atoms with Crippen molar-refractivity contribution in [2.45, 2.75) is 31.6 Å². The number of fused-ring (bicyclic) bond motifs is 1. The summed E-state index contributed by atoms with van der Waals surface area (Å²) in [5.41, 5.74) is 2.16. The van der Waals surface area contributed by atoms with E-state index in [0.29, 0.717) is 15.9 Å². The van der Waals surface area contributed by atoms with E-state index in [1.54, 1.807) is 13.2 Å². The lowest BCUT2D eigenvalue weighted by molar-refractivity contribution is -0.113. The van der Waals surface area contributed by atoms with Crippen molar-refractivity contribution >= 4 is 34.4 Å². The highest BCUT2D eigenvalue weighted by Crippen LogP contribution is 2.32. The molecular weight excluding hydrogens is 388 g/mol. The van der Waals surface area contributed by atoms with Crippen LogP contribution in [0.4, 0.5) is 5.69 Å². The van der Waals surface area contributed by atoms with Crippen LogP contribution < -0.4 is 16.6 Å². The molecule has 0 spiro atoms. The van der Waals surface area contributed by atoms with Gasteiger partial charge in [-0.3, -0.25) is 18.7 Å². The predicted molar refractivity (Wildman–Crippen MR) is 117 cm³/mol. The number of nitrogens with one attached hydrogen (secondary N) is 1. The van der Waals surface area contributed by atoms with Gasteiger partial charge in [0.1, 0.15) is 5.65 Å². The van der Waals surface area contributed by atoms with Crippen LogP contribution in [0, 0.1) is 6.92 Å². The first-order chi connectivity index (χ1) is 13.7. The van der Waals surface area contributed by atoms with E-state index in [1.165, 1.54) is 23.4 Å². The van der Waals surface area contributed by atoms with Crippen LogP contribution in [0.2, 0.25) is 0 Å². The lowest BCUT2D eigenvalue weighted by Crippen LogP contribution is -2.37. The van der Waals surface area contributed by atoms with Crippen LogP contribution in [-0.4, -0.2) is 25.8 Å². The third-order valence-electron chi connectivity index (χ3n) is 4.72. The molecule has 0 aliphatic heterocycles. The SMILES string of the molecule is Cc1cccc(NC(=O)CSc2c(C(C)C)cnc3c2c(=O)n(C)c(=O)n3C)c1. The molecule has 0 unspecified atom stereocenters. The molecule has 0 aliphatic rings. The number of aromatic nitrogens is 3. The number of anilines is 1. The van der Waals surface area contributed by atoms with Gasteiger partial charge in [0.2, 0.25) is 5.91 Å². The van der Waals surface area contributed by atoms with E-state index in [1.807, 2.05) is 45.0 Å². The summed E-state index contributed by atoms with van der Waals surface area (Å²) in [6.07, 6.45) is 1.69. The van der Waals surface area contributed by atoms with Crippen molar-refractivity contribution < 1.29 is 4.79 Å². The Morgan fingerprint density at radius 1 is 1.21 bits per heavy atom. The molecule has 0 bridgehead atoms. The fourth-order valence-corrected chi connectivity index (χ4v) is 4.27. The molecule has 8 heteroatoms. The van der Waals surface area contributed by atoms with Gasteiger partial charge in [0, 0.05) is 30.9 Å². The zero-order valence-corrected chi connectivity index (χ0v) is 18.0. The summed E-state index contributed by atoms with van der Waals surface area (Å²) in [6.45, 7) is 5.97. The van der Waals surface area contributed by atoms with Crippen molar-refractivity contribution in [1.29, 1.82) is 0 Å². The third kappa shape index (κ3) is 4.12. The van der Waals surface area contributed by atoms with Crippen molar-refractivity contribution in [2.24, 2.45) is 14.1 Å². The Balaban J connectivity index is 2.01. The first kappa shape index (κ1) is 20.9. The number of carbonyl (C=O) groups is 1. The number of thioether (sulfide) groups is 1. The summed E-state index contributed by atoms with van der Waals surface area (Å²) in [4.78, 5) is 42.7. The van der Waals surface area contributed by atoms with Gasteiger partial charge in [0.15, 0.2) is 0 Å². The number of amides is 1. The van der Waals surface area contributed by atoms with Gasteiger partial charge in [-0.2, -0.15) is 0 Å². The number of hydrogen-bond donors (Lipinski definition) is 1. The molecule has 1 aromatic carbocycles. The van der Waals surface area contributed by atoms with E-state index < -0.39 is 11.2 Å². The highest BCUT2D eigenvalue weighted by atomic mass is 32.2. The van der Waals surface area contributed by atoms with Gasteiger partial charge in [0.05, 0.1) is 11.1 Å². The summed E-state index contributed by atoms with van der Waals surface area (Å²) < 4.78 is 2.43. The standard InChI is InChI=1S/C21H24N4O3S/c1-12(2)15-10-22-19-17(20(27)25(5)21(28)24(19)4)18(15)29-11-16(26)23-14-8-6-7-13(3)9-14/h6-10,12H,11H2,1-5H3,(H,23,26). The predicted octanol–water partition coefficient (Wildman–Crippen LogP) is 2.79. The second-order valence-electron chi connectivity index (χ2n) is 7.31. The summed E-state index contributed by atoms with van der Waals surface area (Å²) in [7, 11) is 3.04. The van der Waals surface area contributed by atoms with Crippen LogP contribution in [0.5, 0.6) is 0 Å². The van der Waals surface area contributed by atoms with Crippen LogP contribution in [0.3, 0.4) is 0 Å². The lowest BCUT2D eigenvalue weighted by atomic mass is 10.0. The normalized spacial score (nSPS) is 11.2. The number of hydrogen-bond acceptors (Lipinski definition) is 5. The summed E-state index contributed by atoms with van der Waals surface area (Å²) in [5.74, 6) is 0.0803. The van der Waals surface area contributed by atoms with Crippen LogP contribution in [0.25, 0.3) is 11.0 Å². The molecule has 0 saturated heterocycles. The minimum Gasteiger partial charge on any atom is -0.325 e. The van der Waals surface area contributed by atoms with E-state index in [9.17, 15) is 14.4 Å². The Labute approximate surface area is 172 Å². The lowest BCUT2D eigenvalue weighted by Gasteiger charge is -2.16. The molecule has 0 aliphatic carbocycles. The Bertz CT molecular complexity index is 1210. The van der Waals surface area contributed by atoms with Crippen LogP contribution in [0.1, 0.15) is 30.9 Å². The maximum Gasteiger partial charge on any atom is 0.332 e. The summed E-state index contributed by atoms with van der Waals surface area (Å²) in [5, 5.41) is 3.25. The van der Waals surface area contributed by atoms with Gasteiger partial charge in [-0.15, -0.1) is 11.8 Å². The van der Waals surface area contributed by atoms with Crippen LogP contribution in [-0.2, 0) is 18.9 Å². The first-order valence-electron chi connectivity index (χ1n) is 9.28. The van der Waals surface area contributed by atoms with Gasteiger partial charge in [-0.05, 0) is 36.1 Å². The fraction of sp³-hybridized carbons (Fsp3) is 0.333. The Morgan fingerprint density at radius 3 is 2.59 bits per heavy atom. The molecule has 1 N–H and O–H groups in total. The number of aryl methyl sites for hydroxylation is 2. The van der Waals surface area contributed by atoms with E-state index in [4.69, 9.17) is 0 Å². The van der Waals surface area contributed by atoms with E-state index in [-0.39, 0.29) is 17.6 Å². The molecule has 1 amide bonds. The molecule has 29 heavy (non-hydrogen) atoms. The largest absolute Gasteiger partial charge is 0.332 e. The Hall–Kier alpha value is -2.87. The highest BCUT2D eigenvalue weighted by Gasteiger charge is 2.20. The van der Waals surface area contributed by atoms with Crippen molar-refractivity contribution in [3.05, 3.63) is 62.4 Å². The Morgan fingerprint density at radius 2 is 1.93 bits per heavy atom. The highest BCUT2D eigenvalue weighted by molar-refractivity contribution is 8.00. The molecular formula is C21H24N4O3S. The van der Waals surface area contributed by atoms with E-state index in [2.05, 4.69) is 10.3 Å². The molecule has 0 atom stereocenters. The maximum absolute atomic E-state index is 12.9. The zero-order valence-electron chi connectivity index (χ0n) is 17.1. The summed E-state index contributed by atoms with van der Waals surface area (Å²) >= 11 is 1.29. The molecule has 7 nitrogen and oxygen atoms in total. The van der Waals surface area contributed by atoms with Crippen LogP contribution >= 0.6 is 11.8 Å². The molecule has 2 heterocycles. The number of rotatable bonds is 5. The molecule has 0 fully saturated rings. The minimum absolute atomic E-state index is 0.108. The monoisotopic (exact) mass is 412 g/mol. The molecule has 0 radical (unpaired) electrons. The fourth-order valence-electron chi connectivity index (χ4n) is 3.14. The molecule has 0 saturated carbocycles. The van der Waals surface area contributed by atoms with Crippen molar-refractivity contribution in [3.8, 4) is 0 Å². The first-order valence-corrected chi connectivity index (χ1v) is 10.3.